The van der Waals surface area contributed by atoms with Crippen LogP contribution in [0.25, 0.3) is 0 Å². The average molecular weight is 279 g/mol. The molecule has 4 heteroatoms. The van der Waals surface area contributed by atoms with E-state index >= 15 is 0 Å². The number of nitrogens with zero attached hydrogens (tertiary/aromatic N) is 1. The highest BCUT2D eigenvalue weighted by atomic mass is 35.5. The van der Waals surface area contributed by atoms with Crippen LogP contribution in [0.1, 0.15) is 12.5 Å². The van der Waals surface area contributed by atoms with E-state index in [1.807, 2.05) is 25.1 Å². The zero-order chi connectivity index (χ0) is 13.0. The predicted molar refractivity (Wildman–Crippen MR) is 77.2 cm³/mol. The third-order valence-electron chi connectivity index (χ3n) is 2.45. The van der Waals surface area contributed by atoms with Crippen LogP contribution in [0.5, 0.6) is 0 Å². The van der Waals surface area contributed by atoms with Gasteiger partial charge < -0.3 is 5.73 Å². The van der Waals surface area contributed by atoms with E-state index in [-0.39, 0.29) is 6.04 Å². The standard InChI is InChI=1S/C14H15ClN2S/c1-10(16)8-11-2-3-13(9-14(11)15)18-12-4-6-17-7-5-12/h2-7,9-10H,8,16H2,1H3. The average Bonchev–Trinajstić information content (AvgIpc) is 2.33. The molecule has 0 aliphatic rings. The van der Waals surface area contributed by atoms with Crippen molar-refractivity contribution in [2.45, 2.75) is 29.2 Å². The molecule has 18 heavy (non-hydrogen) atoms. The van der Waals surface area contributed by atoms with Crippen LogP contribution in [-0.2, 0) is 6.42 Å². The molecule has 1 aromatic carbocycles. The largest absolute Gasteiger partial charge is 0.328 e. The molecule has 0 aliphatic carbocycles. The minimum atomic E-state index is 0.126. The molecule has 1 atom stereocenters. The Morgan fingerprint density at radius 2 is 1.94 bits per heavy atom. The van der Waals surface area contributed by atoms with Crippen LogP contribution >= 0.6 is 23.4 Å². The number of halogens is 1. The molecular weight excluding hydrogens is 264 g/mol. The predicted octanol–water partition coefficient (Wildman–Crippen LogP) is 3.78. The molecule has 0 saturated carbocycles. The molecule has 0 fully saturated rings. The van der Waals surface area contributed by atoms with Crippen molar-refractivity contribution in [1.29, 1.82) is 0 Å². The molecule has 2 rings (SSSR count). The second-order valence-electron chi connectivity index (χ2n) is 4.22. The van der Waals surface area contributed by atoms with Crippen LogP contribution in [0, 0.1) is 0 Å². The lowest BCUT2D eigenvalue weighted by molar-refractivity contribution is 0.738. The van der Waals surface area contributed by atoms with Crippen LogP contribution < -0.4 is 5.73 Å². The maximum Gasteiger partial charge on any atom is 0.0449 e. The summed E-state index contributed by atoms with van der Waals surface area (Å²) >= 11 is 7.93. The molecule has 2 N–H and O–H groups in total. The summed E-state index contributed by atoms with van der Waals surface area (Å²) < 4.78 is 0. The first-order chi connectivity index (χ1) is 8.65. The van der Waals surface area contributed by atoms with E-state index in [1.165, 1.54) is 0 Å². The summed E-state index contributed by atoms with van der Waals surface area (Å²) in [5, 5.41) is 0.784. The Bertz CT molecular complexity index is 514. The van der Waals surface area contributed by atoms with Gasteiger partial charge in [0.25, 0.3) is 0 Å². The van der Waals surface area contributed by atoms with Crippen LogP contribution in [0.4, 0.5) is 0 Å². The molecule has 1 unspecified atom stereocenters. The van der Waals surface area contributed by atoms with Gasteiger partial charge in [-0.3, -0.25) is 4.98 Å². The van der Waals surface area contributed by atoms with E-state index in [0.717, 1.165) is 26.8 Å². The van der Waals surface area contributed by atoms with Crippen LogP contribution in [0.3, 0.4) is 0 Å². The highest BCUT2D eigenvalue weighted by Crippen LogP contribution is 2.30. The quantitative estimate of drug-likeness (QED) is 0.925. The van der Waals surface area contributed by atoms with Gasteiger partial charge in [-0.15, -0.1) is 0 Å². The number of nitrogens with two attached hydrogens (primary N) is 1. The van der Waals surface area contributed by atoms with Crippen molar-refractivity contribution in [1.82, 2.24) is 4.98 Å². The summed E-state index contributed by atoms with van der Waals surface area (Å²) in [6.07, 6.45) is 4.38. The Kier molecular flexibility index (Phi) is 4.64. The Morgan fingerprint density at radius 1 is 1.22 bits per heavy atom. The topological polar surface area (TPSA) is 38.9 Å². The molecule has 0 amide bonds. The van der Waals surface area contributed by atoms with E-state index in [1.54, 1.807) is 24.2 Å². The summed E-state index contributed by atoms with van der Waals surface area (Å²) in [5.41, 5.74) is 6.89. The van der Waals surface area contributed by atoms with E-state index in [0.29, 0.717) is 0 Å². The SMILES string of the molecule is CC(N)Cc1ccc(Sc2ccncc2)cc1Cl. The van der Waals surface area contributed by atoms with Crippen molar-refractivity contribution in [3.05, 3.63) is 53.3 Å². The van der Waals surface area contributed by atoms with Gasteiger partial charge in [0.1, 0.15) is 0 Å². The number of hydrogen-bond acceptors (Lipinski definition) is 3. The first-order valence-corrected chi connectivity index (χ1v) is 6.96. The maximum atomic E-state index is 6.26. The van der Waals surface area contributed by atoms with Gasteiger partial charge >= 0.3 is 0 Å². The number of hydrogen-bond donors (Lipinski definition) is 1. The van der Waals surface area contributed by atoms with Crippen LogP contribution in [0.2, 0.25) is 5.02 Å². The zero-order valence-electron chi connectivity index (χ0n) is 10.1. The number of pyridine rings is 1. The summed E-state index contributed by atoms with van der Waals surface area (Å²) in [5.74, 6) is 0. The second-order valence-corrected chi connectivity index (χ2v) is 5.77. The van der Waals surface area contributed by atoms with Crippen molar-refractivity contribution in [2.75, 3.05) is 0 Å². The molecule has 1 heterocycles. The Hall–Kier alpha value is -1.03. The lowest BCUT2D eigenvalue weighted by Gasteiger charge is -2.09. The molecule has 0 radical (unpaired) electrons. The van der Waals surface area contributed by atoms with E-state index < -0.39 is 0 Å². The van der Waals surface area contributed by atoms with E-state index in [2.05, 4.69) is 17.1 Å². The number of benzene rings is 1. The van der Waals surface area contributed by atoms with Gasteiger partial charge in [-0.05, 0) is 43.2 Å². The summed E-state index contributed by atoms with van der Waals surface area (Å²) in [7, 11) is 0. The first-order valence-electron chi connectivity index (χ1n) is 5.77. The second kappa shape index (κ2) is 6.23. The summed E-state index contributed by atoms with van der Waals surface area (Å²) in [6, 6.07) is 10.2. The molecule has 0 bridgehead atoms. The molecule has 94 valence electrons. The Balaban J connectivity index is 2.14. The van der Waals surface area contributed by atoms with Crippen LogP contribution in [0.15, 0.2) is 52.5 Å². The minimum Gasteiger partial charge on any atom is -0.328 e. The highest BCUT2D eigenvalue weighted by molar-refractivity contribution is 7.99. The third-order valence-corrected chi connectivity index (χ3v) is 3.80. The fourth-order valence-electron chi connectivity index (χ4n) is 1.65. The Morgan fingerprint density at radius 3 is 2.56 bits per heavy atom. The van der Waals surface area contributed by atoms with Gasteiger partial charge in [0.05, 0.1) is 0 Å². The van der Waals surface area contributed by atoms with Crippen molar-refractivity contribution in [2.24, 2.45) is 5.73 Å². The zero-order valence-corrected chi connectivity index (χ0v) is 11.7. The molecule has 0 saturated heterocycles. The molecular formula is C14H15ClN2S. The summed E-state index contributed by atoms with van der Waals surface area (Å²) in [6.45, 7) is 1.98. The lowest BCUT2D eigenvalue weighted by atomic mass is 10.1. The van der Waals surface area contributed by atoms with Gasteiger partial charge in [-0.2, -0.15) is 0 Å². The van der Waals surface area contributed by atoms with Gasteiger partial charge in [-0.25, -0.2) is 0 Å². The van der Waals surface area contributed by atoms with E-state index in [9.17, 15) is 0 Å². The molecule has 2 aromatic rings. The van der Waals surface area contributed by atoms with Crippen LogP contribution in [-0.4, -0.2) is 11.0 Å². The highest BCUT2D eigenvalue weighted by Gasteiger charge is 2.05. The van der Waals surface area contributed by atoms with Crippen molar-refractivity contribution in [3.8, 4) is 0 Å². The molecule has 2 nitrogen and oxygen atoms in total. The van der Waals surface area contributed by atoms with Gasteiger partial charge in [0, 0.05) is 33.2 Å². The van der Waals surface area contributed by atoms with Crippen molar-refractivity contribution >= 4 is 23.4 Å². The van der Waals surface area contributed by atoms with Crippen molar-refractivity contribution < 1.29 is 0 Å². The van der Waals surface area contributed by atoms with Crippen molar-refractivity contribution in [3.63, 3.8) is 0 Å². The van der Waals surface area contributed by atoms with Gasteiger partial charge in [-0.1, -0.05) is 29.4 Å². The van der Waals surface area contributed by atoms with Gasteiger partial charge in [0.2, 0.25) is 0 Å². The normalized spacial score (nSPS) is 12.4. The summed E-state index contributed by atoms with van der Waals surface area (Å²) in [4.78, 5) is 6.28. The maximum absolute atomic E-state index is 6.26. The first kappa shape index (κ1) is 13.4. The monoisotopic (exact) mass is 278 g/mol. The molecule has 0 aliphatic heterocycles. The fourth-order valence-corrected chi connectivity index (χ4v) is 2.81. The van der Waals surface area contributed by atoms with E-state index in [4.69, 9.17) is 17.3 Å². The van der Waals surface area contributed by atoms with Gasteiger partial charge in [0.15, 0.2) is 0 Å². The fraction of sp³-hybridized carbons (Fsp3) is 0.214. The number of rotatable bonds is 4. The molecule has 0 spiro atoms. The number of aromatic nitrogens is 1. The lowest BCUT2D eigenvalue weighted by Crippen LogP contribution is -2.17. The smallest absolute Gasteiger partial charge is 0.0449 e. The minimum absolute atomic E-state index is 0.126. The Labute approximate surface area is 117 Å². The molecule has 1 aromatic heterocycles. The third kappa shape index (κ3) is 3.73.